The molecule has 1 unspecified atom stereocenters. The summed E-state index contributed by atoms with van der Waals surface area (Å²) in [5, 5.41) is 3.09. The number of rotatable bonds is 11. The predicted molar refractivity (Wildman–Crippen MR) is 157 cm³/mol. The number of nitrogens with one attached hydrogen (secondary N) is 1. The Bertz CT molecular complexity index is 907. The Labute approximate surface area is 242 Å². The molecule has 40 heavy (non-hydrogen) atoms. The third-order valence-corrected chi connectivity index (χ3v) is 8.38. The van der Waals surface area contributed by atoms with E-state index in [4.69, 9.17) is 4.74 Å². The average Bonchev–Trinajstić information content (AvgIpc) is 2.92. The van der Waals surface area contributed by atoms with Gasteiger partial charge < -0.3 is 19.9 Å². The summed E-state index contributed by atoms with van der Waals surface area (Å²) >= 11 is 0. The highest BCUT2D eigenvalue weighted by molar-refractivity contribution is 5.93. The summed E-state index contributed by atoms with van der Waals surface area (Å²) in [6.07, 6.45) is 5.96. The molecule has 228 valence electrons. The van der Waals surface area contributed by atoms with Gasteiger partial charge in [0.25, 0.3) is 0 Å². The van der Waals surface area contributed by atoms with Gasteiger partial charge in [0.15, 0.2) is 0 Å². The minimum Gasteiger partial charge on any atom is -0.466 e. The zero-order valence-electron chi connectivity index (χ0n) is 26.4. The standard InChI is InChI=1S/C31H54N4O5/c1-10-40-31(39)24-14-17-34(18-15-24)29(37)23(8)19-26(20(2)3)33(9)30(38)27(21(4)5)32-28(36)25-13-11-12-16-35(25)22(6)7/h19-22,24-27H,10-18H2,1-9H3,(H,32,36)/b23-19+/t25?,26-,27+/m1/s1. The van der Waals surface area contributed by atoms with E-state index in [2.05, 4.69) is 24.1 Å². The van der Waals surface area contributed by atoms with Gasteiger partial charge in [-0.3, -0.25) is 24.1 Å². The second-order valence-electron chi connectivity index (χ2n) is 12.4. The fraction of sp³-hybridized carbons (Fsp3) is 0.806. The van der Waals surface area contributed by atoms with Gasteiger partial charge >= 0.3 is 5.97 Å². The van der Waals surface area contributed by atoms with Gasteiger partial charge in [-0.15, -0.1) is 0 Å². The summed E-state index contributed by atoms with van der Waals surface area (Å²) in [5.41, 5.74) is 0.577. The van der Waals surface area contributed by atoms with E-state index in [9.17, 15) is 19.2 Å². The van der Waals surface area contributed by atoms with Crippen LogP contribution in [0.5, 0.6) is 0 Å². The molecule has 3 amide bonds. The van der Waals surface area contributed by atoms with E-state index < -0.39 is 6.04 Å². The summed E-state index contributed by atoms with van der Waals surface area (Å²) < 4.78 is 5.14. The highest BCUT2D eigenvalue weighted by Gasteiger charge is 2.36. The highest BCUT2D eigenvalue weighted by Crippen LogP contribution is 2.23. The molecule has 2 aliphatic heterocycles. The van der Waals surface area contributed by atoms with Crippen LogP contribution in [-0.4, -0.2) is 95.8 Å². The summed E-state index contributed by atoms with van der Waals surface area (Å²) in [6, 6.07) is -0.921. The topological polar surface area (TPSA) is 99.3 Å². The van der Waals surface area contributed by atoms with Gasteiger partial charge in [-0.25, -0.2) is 0 Å². The molecule has 3 atom stereocenters. The third-order valence-electron chi connectivity index (χ3n) is 8.38. The molecule has 0 radical (unpaired) electrons. The number of carbonyl (C=O) groups excluding carboxylic acids is 4. The van der Waals surface area contributed by atoms with Crippen LogP contribution in [0.25, 0.3) is 0 Å². The van der Waals surface area contributed by atoms with E-state index in [1.165, 1.54) is 0 Å². The molecule has 0 aromatic heterocycles. The van der Waals surface area contributed by atoms with Crippen LogP contribution >= 0.6 is 0 Å². The molecule has 0 aromatic carbocycles. The molecular weight excluding hydrogens is 508 g/mol. The van der Waals surface area contributed by atoms with Crippen molar-refractivity contribution < 1.29 is 23.9 Å². The predicted octanol–water partition coefficient (Wildman–Crippen LogP) is 3.62. The molecule has 1 N–H and O–H groups in total. The summed E-state index contributed by atoms with van der Waals surface area (Å²) in [5.74, 6) is -0.684. The molecule has 0 spiro atoms. The van der Waals surface area contributed by atoms with Crippen LogP contribution in [0.2, 0.25) is 0 Å². The van der Waals surface area contributed by atoms with Crippen molar-refractivity contribution in [2.45, 2.75) is 112 Å². The number of likely N-dealkylation sites (tertiary alicyclic amines) is 2. The van der Waals surface area contributed by atoms with Crippen molar-refractivity contribution in [3.8, 4) is 0 Å². The first-order chi connectivity index (χ1) is 18.8. The largest absolute Gasteiger partial charge is 0.466 e. The Morgan fingerprint density at radius 3 is 2.10 bits per heavy atom. The van der Waals surface area contributed by atoms with Gasteiger partial charge in [0.1, 0.15) is 6.04 Å². The lowest BCUT2D eigenvalue weighted by atomic mass is 9.94. The Balaban J connectivity index is 2.12. The molecule has 9 heteroatoms. The van der Waals surface area contributed by atoms with E-state index in [1.807, 2.05) is 33.8 Å². The third kappa shape index (κ3) is 8.79. The fourth-order valence-electron chi connectivity index (χ4n) is 5.89. The average molecular weight is 563 g/mol. The molecule has 0 saturated carbocycles. The molecule has 2 heterocycles. The van der Waals surface area contributed by atoms with Crippen molar-refractivity contribution in [1.29, 1.82) is 0 Å². The van der Waals surface area contributed by atoms with Crippen LogP contribution in [0.4, 0.5) is 0 Å². The number of nitrogens with zero attached hydrogens (tertiary/aromatic N) is 3. The molecule has 2 aliphatic rings. The van der Waals surface area contributed by atoms with Crippen molar-refractivity contribution in [2.24, 2.45) is 17.8 Å². The van der Waals surface area contributed by atoms with Crippen molar-refractivity contribution in [1.82, 2.24) is 20.0 Å². The number of hydrogen-bond donors (Lipinski definition) is 1. The highest BCUT2D eigenvalue weighted by atomic mass is 16.5. The maximum atomic E-state index is 13.8. The van der Waals surface area contributed by atoms with Crippen LogP contribution in [0.15, 0.2) is 11.6 Å². The zero-order chi connectivity index (χ0) is 30.1. The van der Waals surface area contributed by atoms with Crippen molar-refractivity contribution in [3.63, 3.8) is 0 Å². The second-order valence-corrected chi connectivity index (χ2v) is 12.4. The lowest BCUT2D eigenvalue weighted by Gasteiger charge is -2.39. The SMILES string of the molecule is CCOC(=O)C1CCN(C(=O)/C(C)=C/[C@H](C(C)C)N(C)C(=O)[C@@H](NC(=O)C2CCCCN2C(C)C)C(C)C)CC1. The summed E-state index contributed by atoms with van der Waals surface area (Å²) in [7, 11) is 1.76. The molecular formula is C31H54N4O5. The number of esters is 1. The second kappa shape index (κ2) is 15.5. The van der Waals surface area contributed by atoms with E-state index in [0.29, 0.717) is 38.1 Å². The first-order valence-corrected chi connectivity index (χ1v) is 15.3. The number of likely N-dealkylation sites (N-methyl/N-ethyl adjacent to an activating group) is 1. The van der Waals surface area contributed by atoms with E-state index in [1.54, 1.807) is 30.7 Å². The van der Waals surface area contributed by atoms with E-state index in [0.717, 1.165) is 25.8 Å². The maximum Gasteiger partial charge on any atom is 0.309 e. The molecule has 0 aliphatic carbocycles. The van der Waals surface area contributed by atoms with Gasteiger partial charge in [0, 0.05) is 31.8 Å². The van der Waals surface area contributed by atoms with Gasteiger partial charge in [0.05, 0.1) is 24.6 Å². The fourth-order valence-corrected chi connectivity index (χ4v) is 5.89. The smallest absolute Gasteiger partial charge is 0.309 e. The number of piperidine rings is 2. The Morgan fingerprint density at radius 2 is 1.57 bits per heavy atom. The van der Waals surface area contributed by atoms with Gasteiger partial charge in [-0.1, -0.05) is 40.2 Å². The van der Waals surface area contributed by atoms with Crippen molar-refractivity contribution in [2.75, 3.05) is 33.3 Å². The summed E-state index contributed by atoms with van der Waals surface area (Å²) in [4.78, 5) is 58.2. The molecule has 0 aromatic rings. The van der Waals surface area contributed by atoms with Crippen LogP contribution < -0.4 is 5.32 Å². The van der Waals surface area contributed by atoms with Gasteiger partial charge in [-0.2, -0.15) is 0 Å². The van der Waals surface area contributed by atoms with Crippen LogP contribution in [0.1, 0.15) is 87.5 Å². The molecule has 2 fully saturated rings. The van der Waals surface area contributed by atoms with E-state index >= 15 is 0 Å². The Kier molecular flexibility index (Phi) is 13.1. The first kappa shape index (κ1) is 33.8. The number of amides is 3. The van der Waals surface area contributed by atoms with Crippen LogP contribution in [-0.2, 0) is 23.9 Å². The normalized spacial score (nSPS) is 20.9. The lowest BCUT2D eigenvalue weighted by Crippen LogP contribution is -2.58. The number of carbonyl (C=O) groups is 4. The Morgan fingerprint density at radius 1 is 0.950 bits per heavy atom. The number of hydrogen-bond acceptors (Lipinski definition) is 6. The minimum absolute atomic E-state index is 0.0598. The quantitative estimate of drug-likeness (QED) is 0.305. The monoisotopic (exact) mass is 562 g/mol. The Hall–Kier alpha value is -2.42. The summed E-state index contributed by atoms with van der Waals surface area (Å²) in [6.45, 7) is 18.0. The van der Waals surface area contributed by atoms with Gasteiger partial charge in [-0.05, 0) is 71.8 Å². The van der Waals surface area contributed by atoms with Crippen molar-refractivity contribution >= 4 is 23.7 Å². The van der Waals surface area contributed by atoms with Crippen molar-refractivity contribution in [3.05, 3.63) is 11.6 Å². The van der Waals surface area contributed by atoms with E-state index in [-0.39, 0.29) is 59.6 Å². The number of ether oxygens (including phenoxy) is 1. The molecule has 9 nitrogen and oxygen atoms in total. The molecule has 2 rings (SSSR count). The maximum absolute atomic E-state index is 13.8. The minimum atomic E-state index is -0.652. The first-order valence-electron chi connectivity index (χ1n) is 15.3. The zero-order valence-corrected chi connectivity index (χ0v) is 26.4. The molecule has 0 bridgehead atoms. The van der Waals surface area contributed by atoms with Crippen LogP contribution in [0, 0.1) is 17.8 Å². The molecule has 2 saturated heterocycles. The lowest BCUT2D eigenvalue weighted by molar-refractivity contribution is -0.150. The van der Waals surface area contributed by atoms with Crippen LogP contribution in [0.3, 0.4) is 0 Å². The van der Waals surface area contributed by atoms with Gasteiger partial charge in [0.2, 0.25) is 17.7 Å².